The van der Waals surface area contributed by atoms with E-state index in [2.05, 4.69) is 0 Å². The fraction of sp³-hybridized carbons (Fsp3) is 0.300. The maximum absolute atomic E-state index is 12.4. The van der Waals surface area contributed by atoms with Gasteiger partial charge in [0.05, 0.1) is 6.61 Å². The van der Waals surface area contributed by atoms with Crippen molar-refractivity contribution in [2.45, 2.75) is 30.7 Å². The molecule has 0 spiro atoms. The van der Waals surface area contributed by atoms with Gasteiger partial charge < -0.3 is 43.8 Å². The lowest BCUT2D eigenvalue weighted by Crippen LogP contribution is -2.60. The Balaban J connectivity index is 1.61. The number of hydrogen-bond acceptors (Lipinski definition) is 10. The predicted octanol–water partition coefficient (Wildman–Crippen LogP) is -0.0701. The molecule has 0 bridgehead atoms. The molecule has 31 heavy (non-hydrogen) atoms. The standard InChI is InChI=1S/C20H18O11/c21-7-14-15(22)16(23)17(24)20(31-14)28-9-2-1-8-5-10(19(27)30-13(8)6-9)11-3-4-12(29-11)18(25)26/h1-6,14-17,20-24H,7H2,(H,25,26). The highest BCUT2D eigenvalue weighted by atomic mass is 16.7. The molecule has 5 atom stereocenters. The molecule has 5 N–H and O–H groups in total. The fourth-order valence-electron chi connectivity index (χ4n) is 3.23. The molecule has 0 amide bonds. The van der Waals surface area contributed by atoms with Gasteiger partial charge in [-0.1, -0.05) is 0 Å². The third kappa shape index (κ3) is 3.92. The minimum Gasteiger partial charge on any atom is -0.475 e. The Labute approximate surface area is 173 Å². The largest absolute Gasteiger partial charge is 0.475 e. The van der Waals surface area contributed by atoms with Crippen molar-refractivity contribution in [3.63, 3.8) is 0 Å². The highest BCUT2D eigenvalue weighted by molar-refractivity contribution is 5.86. The second kappa shape index (κ2) is 8.13. The molecule has 3 aromatic rings. The van der Waals surface area contributed by atoms with Gasteiger partial charge in [-0.05, 0) is 30.3 Å². The first kappa shape index (κ1) is 21.0. The number of carboxylic acid groups (broad SMARTS) is 1. The molecule has 1 fully saturated rings. The molecule has 1 aromatic carbocycles. The smallest absolute Gasteiger partial charge is 0.371 e. The van der Waals surface area contributed by atoms with Crippen LogP contribution in [0.5, 0.6) is 5.75 Å². The predicted molar refractivity (Wildman–Crippen MR) is 102 cm³/mol. The monoisotopic (exact) mass is 434 g/mol. The van der Waals surface area contributed by atoms with E-state index in [4.69, 9.17) is 23.4 Å². The summed E-state index contributed by atoms with van der Waals surface area (Å²) in [5, 5.41) is 48.4. The second-order valence-electron chi connectivity index (χ2n) is 6.93. The first-order valence-corrected chi connectivity index (χ1v) is 9.17. The van der Waals surface area contributed by atoms with Gasteiger partial charge >= 0.3 is 11.6 Å². The summed E-state index contributed by atoms with van der Waals surface area (Å²) in [6.45, 7) is -0.601. The highest BCUT2D eigenvalue weighted by Crippen LogP contribution is 2.28. The number of benzene rings is 1. The minimum absolute atomic E-state index is 0.0302. The lowest BCUT2D eigenvalue weighted by atomic mass is 9.99. The SMILES string of the molecule is O=C(O)c1ccc(-c2cc3ccc(OC4OC(CO)C(O)C(O)C4O)cc3oc2=O)o1. The van der Waals surface area contributed by atoms with Crippen LogP contribution in [0.25, 0.3) is 22.3 Å². The molecule has 1 saturated heterocycles. The van der Waals surface area contributed by atoms with Crippen LogP contribution >= 0.6 is 0 Å². The zero-order valence-corrected chi connectivity index (χ0v) is 15.7. The van der Waals surface area contributed by atoms with E-state index in [0.29, 0.717) is 5.39 Å². The number of fused-ring (bicyclic) bond motifs is 1. The van der Waals surface area contributed by atoms with Crippen molar-refractivity contribution in [2.24, 2.45) is 0 Å². The van der Waals surface area contributed by atoms with Crippen LogP contribution < -0.4 is 10.4 Å². The number of carboxylic acids is 1. The number of aromatic carboxylic acids is 1. The van der Waals surface area contributed by atoms with Crippen molar-refractivity contribution < 1.29 is 48.6 Å². The summed E-state index contributed by atoms with van der Waals surface area (Å²) in [6.07, 6.45) is -7.23. The number of hydrogen-bond donors (Lipinski definition) is 5. The van der Waals surface area contributed by atoms with E-state index in [-0.39, 0.29) is 28.4 Å². The van der Waals surface area contributed by atoms with Gasteiger partial charge in [0, 0.05) is 11.5 Å². The van der Waals surface area contributed by atoms with Gasteiger partial charge in [0.2, 0.25) is 12.1 Å². The number of carbonyl (C=O) groups is 1. The first-order valence-electron chi connectivity index (χ1n) is 9.17. The average molecular weight is 434 g/mol. The third-order valence-corrected chi connectivity index (χ3v) is 4.89. The summed E-state index contributed by atoms with van der Waals surface area (Å²) in [5.41, 5.74) is -0.618. The van der Waals surface area contributed by atoms with Crippen LogP contribution in [-0.2, 0) is 4.74 Å². The first-order chi connectivity index (χ1) is 14.8. The maximum atomic E-state index is 12.4. The minimum atomic E-state index is -1.60. The Morgan fingerprint density at radius 3 is 2.45 bits per heavy atom. The molecule has 11 nitrogen and oxygen atoms in total. The van der Waals surface area contributed by atoms with E-state index in [1.54, 1.807) is 6.07 Å². The Kier molecular flexibility index (Phi) is 5.52. The summed E-state index contributed by atoms with van der Waals surface area (Å²) < 4.78 is 21.2. The van der Waals surface area contributed by atoms with Gasteiger partial charge in [0.25, 0.3) is 0 Å². The molecule has 0 aliphatic carbocycles. The summed E-state index contributed by atoms with van der Waals surface area (Å²) >= 11 is 0. The molecule has 164 valence electrons. The van der Waals surface area contributed by atoms with Crippen LogP contribution in [0.4, 0.5) is 0 Å². The average Bonchev–Trinajstić information content (AvgIpc) is 3.24. The van der Waals surface area contributed by atoms with E-state index < -0.39 is 48.9 Å². The van der Waals surface area contributed by atoms with Crippen LogP contribution in [0.1, 0.15) is 10.6 Å². The van der Waals surface area contributed by atoms with Gasteiger partial charge in [-0.25, -0.2) is 9.59 Å². The molecule has 4 rings (SSSR count). The summed E-state index contributed by atoms with van der Waals surface area (Å²) in [4.78, 5) is 23.3. The molecule has 1 aliphatic rings. The van der Waals surface area contributed by atoms with E-state index in [0.717, 1.165) is 0 Å². The molecule has 0 saturated carbocycles. The van der Waals surface area contributed by atoms with Crippen molar-refractivity contribution in [2.75, 3.05) is 6.61 Å². The van der Waals surface area contributed by atoms with Gasteiger partial charge in [-0.2, -0.15) is 0 Å². The normalized spacial score (nSPS) is 26.1. The zero-order chi connectivity index (χ0) is 22.3. The Morgan fingerprint density at radius 2 is 1.77 bits per heavy atom. The summed E-state index contributed by atoms with van der Waals surface area (Å²) in [6, 6.07) is 8.41. The van der Waals surface area contributed by atoms with Crippen LogP contribution in [0, 0.1) is 0 Å². The van der Waals surface area contributed by atoms with E-state index in [9.17, 15) is 30.0 Å². The Morgan fingerprint density at radius 1 is 1.00 bits per heavy atom. The Hall–Kier alpha value is -3.22. The number of aliphatic hydroxyl groups is 4. The van der Waals surface area contributed by atoms with E-state index in [1.165, 1.54) is 30.3 Å². The number of aliphatic hydroxyl groups excluding tert-OH is 4. The molecule has 5 unspecified atom stereocenters. The van der Waals surface area contributed by atoms with Crippen molar-refractivity contribution in [3.05, 3.63) is 52.6 Å². The van der Waals surface area contributed by atoms with Crippen LogP contribution in [-0.4, -0.2) is 68.8 Å². The lowest BCUT2D eigenvalue weighted by molar-refractivity contribution is -0.277. The van der Waals surface area contributed by atoms with Crippen molar-refractivity contribution >= 4 is 16.9 Å². The van der Waals surface area contributed by atoms with Crippen LogP contribution in [0.15, 0.2) is 50.0 Å². The van der Waals surface area contributed by atoms with Gasteiger partial charge in [-0.3, -0.25) is 0 Å². The summed E-state index contributed by atoms with van der Waals surface area (Å²) in [7, 11) is 0. The van der Waals surface area contributed by atoms with E-state index in [1.807, 2.05) is 0 Å². The fourth-order valence-corrected chi connectivity index (χ4v) is 3.23. The Bertz CT molecular complexity index is 1160. The maximum Gasteiger partial charge on any atom is 0.371 e. The highest BCUT2D eigenvalue weighted by Gasteiger charge is 2.44. The summed E-state index contributed by atoms with van der Waals surface area (Å²) in [5.74, 6) is -1.43. The molecule has 11 heteroatoms. The third-order valence-electron chi connectivity index (χ3n) is 4.89. The number of furan rings is 1. The quantitative estimate of drug-likeness (QED) is 0.339. The second-order valence-corrected chi connectivity index (χ2v) is 6.93. The molecule has 3 heterocycles. The van der Waals surface area contributed by atoms with Gasteiger partial charge in [0.1, 0.15) is 47.1 Å². The van der Waals surface area contributed by atoms with Crippen LogP contribution in [0.3, 0.4) is 0 Å². The number of ether oxygens (including phenoxy) is 2. The van der Waals surface area contributed by atoms with Gasteiger partial charge in [-0.15, -0.1) is 0 Å². The zero-order valence-electron chi connectivity index (χ0n) is 15.7. The topological polar surface area (TPSA) is 180 Å². The van der Waals surface area contributed by atoms with Crippen molar-refractivity contribution in [3.8, 4) is 17.1 Å². The molecular weight excluding hydrogens is 416 g/mol. The van der Waals surface area contributed by atoms with Crippen molar-refractivity contribution in [1.82, 2.24) is 0 Å². The molecule has 0 radical (unpaired) electrons. The molecular formula is C20H18O11. The molecule has 1 aliphatic heterocycles. The van der Waals surface area contributed by atoms with Crippen molar-refractivity contribution in [1.29, 1.82) is 0 Å². The molecule has 2 aromatic heterocycles. The lowest BCUT2D eigenvalue weighted by Gasteiger charge is -2.39. The number of rotatable bonds is 5. The van der Waals surface area contributed by atoms with Crippen LogP contribution in [0.2, 0.25) is 0 Å². The van der Waals surface area contributed by atoms with Gasteiger partial charge in [0.15, 0.2) is 0 Å². The van der Waals surface area contributed by atoms with E-state index >= 15 is 0 Å².